The number of nitrogens with two attached hydrogens (primary N) is 2. The van der Waals surface area contributed by atoms with Crippen molar-refractivity contribution in [3.8, 4) is 0 Å². The van der Waals surface area contributed by atoms with Crippen LogP contribution in [0.1, 0.15) is 12.8 Å². The Labute approximate surface area is 76.0 Å². The van der Waals surface area contributed by atoms with Crippen LogP contribution in [-0.4, -0.2) is 30.6 Å². The highest BCUT2D eigenvalue weighted by Gasteiger charge is 2.45. The van der Waals surface area contributed by atoms with Crippen molar-refractivity contribution in [1.29, 1.82) is 0 Å². The maximum Gasteiger partial charge on any atom is 0.312 e. The van der Waals surface area contributed by atoms with E-state index in [0.717, 1.165) is 12.8 Å². The van der Waals surface area contributed by atoms with Gasteiger partial charge in [0, 0.05) is 13.1 Å². The summed E-state index contributed by atoms with van der Waals surface area (Å²) in [7, 11) is 0. The molecular formula is C7H14N4O2. The summed E-state index contributed by atoms with van der Waals surface area (Å²) in [5.41, 5.74) is 9.78. The second kappa shape index (κ2) is 3.61. The van der Waals surface area contributed by atoms with E-state index in [9.17, 15) is 9.59 Å². The summed E-state index contributed by atoms with van der Waals surface area (Å²) in [6.45, 7) is 0.692. The smallest absolute Gasteiger partial charge is 0.312 e. The van der Waals surface area contributed by atoms with Crippen molar-refractivity contribution >= 4 is 11.9 Å². The molecule has 0 saturated heterocycles. The number of amides is 3. The first-order valence-electron chi connectivity index (χ1n) is 4.15. The summed E-state index contributed by atoms with van der Waals surface area (Å²) in [5.74, 6) is -0.154. The normalized spacial score (nSPS) is 17.6. The van der Waals surface area contributed by atoms with Gasteiger partial charge in [-0.1, -0.05) is 0 Å². The molecule has 0 atom stereocenters. The zero-order valence-electron chi connectivity index (χ0n) is 7.30. The molecule has 1 saturated carbocycles. The van der Waals surface area contributed by atoms with Gasteiger partial charge < -0.3 is 22.1 Å². The van der Waals surface area contributed by atoms with Gasteiger partial charge in [0.25, 0.3) is 0 Å². The van der Waals surface area contributed by atoms with Crippen molar-refractivity contribution in [3.05, 3.63) is 0 Å². The van der Waals surface area contributed by atoms with Crippen LogP contribution in [0, 0.1) is 0 Å². The first kappa shape index (κ1) is 9.79. The lowest BCUT2D eigenvalue weighted by atomic mass is 10.3. The Balaban J connectivity index is 2.06. The number of carbonyl (C=O) groups excluding carboxylic acids is 2. The molecule has 0 aromatic rings. The van der Waals surface area contributed by atoms with Crippen LogP contribution in [-0.2, 0) is 4.79 Å². The Bertz CT molecular complexity index is 225. The summed E-state index contributed by atoms with van der Waals surface area (Å²) >= 11 is 0. The maximum atomic E-state index is 11.2. The number of carbonyl (C=O) groups is 2. The van der Waals surface area contributed by atoms with Crippen molar-refractivity contribution in [2.75, 3.05) is 13.1 Å². The third-order valence-corrected chi connectivity index (χ3v) is 1.95. The molecule has 1 fully saturated rings. The molecule has 6 nitrogen and oxygen atoms in total. The van der Waals surface area contributed by atoms with E-state index in [1.165, 1.54) is 0 Å². The molecule has 0 spiro atoms. The van der Waals surface area contributed by atoms with Crippen LogP contribution in [0.25, 0.3) is 0 Å². The maximum absolute atomic E-state index is 11.2. The molecule has 6 heteroatoms. The highest BCUT2D eigenvalue weighted by Crippen LogP contribution is 2.31. The second-order valence-corrected chi connectivity index (χ2v) is 3.20. The average molecular weight is 186 g/mol. The van der Waals surface area contributed by atoms with Crippen molar-refractivity contribution in [2.24, 2.45) is 11.5 Å². The molecule has 13 heavy (non-hydrogen) atoms. The van der Waals surface area contributed by atoms with Crippen LogP contribution in [0.5, 0.6) is 0 Å². The Morgan fingerprint density at radius 3 is 2.23 bits per heavy atom. The molecule has 1 aliphatic carbocycles. The average Bonchev–Trinajstić information content (AvgIpc) is 2.78. The van der Waals surface area contributed by atoms with Gasteiger partial charge in [-0.05, 0) is 12.8 Å². The molecule has 0 aromatic carbocycles. The van der Waals surface area contributed by atoms with Gasteiger partial charge in [-0.3, -0.25) is 4.79 Å². The van der Waals surface area contributed by atoms with E-state index in [2.05, 4.69) is 10.6 Å². The van der Waals surface area contributed by atoms with E-state index in [1.54, 1.807) is 0 Å². The van der Waals surface area contributed by atoms with Crippen molar-refractivity contribution in [3.63, 3.8) is 0 Å². The van der Waals surface area contributed by atoms with Gasteiger partial charge in [0.1, 0.15) is 0 Å². The minimum atomic E-state index is -0.646. The first-order valence-corrected chi connectivity index (χ1v) is 4.15. The fraction of sp³-hybridized carbons (Fsp3) is 0.714. The molecule has 0 unspecified atom stereocenters. The Kier molecular flexibility index (Phi) is 2.72. The number of urea groups is 1. The molecule has 0 radical (unpaired) electrons. The van der Waals surface area contributed by atoms with Crippen molar-refractivity contribution in [2.45, 2.75) is 18.4 Å². The lowest BCUT2D eigenvalue weighted by molar-refractivity contribution is -0.123. The van der Waals surface area contributed by atoms with E-state index in [0.29, 0.717) is 13.1 Å². The van der Waals surface area contributed by atoms with Gasteiger partial charge in [0.15, 0.2) is 0 Å². The largest absolute Gasteiger partial charge is 0.353 e. The lowest BCUT2D eigenvalue weighted by Crippen LogP contribution is -2.45. The number of hydrogen-bond donors (Lipinski definition) is 4. The molecule has 6 N–H and O–H groups in total. The topological polar surface area (TPSA) is 110 Å². The quantitative estimate of drug-likeness (QED) is 0.391. The molecule has 3 amide bonds. The predicted molar refractivity (Wildman–Crippen MR) is 46.7 cm³/mol. The van der Waals surface area contributed by atoms with E-state index >= 15 is 0 Å². The van der Waals surface area contributed by atoms with Crippen LogP contribution < -0.4 is 22.1 Å². The SMILES string of the molecule is NC(=O)NCCNC(=O)C1(N)CC1. The van der Waals surface area contributed by atoms with Gasteiger partial charge in [-0.15, -0.1) is 0 Å². The Morgan fingerprint density at radius 1 is 1.23 bits per heavy atom. The summed E-state index contributed by atoms with van der Waals surface area (Å²) in [5, 5.41) is 4.96. The van der Waals surface area contributed by atoms with Crippen LogP contribution in [0.2, 0.25) is 0 Å². The van der Waals surface area contributed by atoms with E-state index < -0.39 is 11.6 Å². The van der Waals surface area contributed by atoms with Crippen molar-refractivity contribution in [1.82, 2.24) is 10.6 Å². The molecule has 1 aliphatic rings. The minimum Gasteiger partial charge on any atom is -0.353 e. The highest BCUT2D eigenvalue weighted by molar-refractivity contribution is 5.88. The third-order valence-electron chi connectivity index (χ3n) is 1.95. The van der Waals surface area contributed by atoms with Gasteiger partial charge in [-0.2, -0.15) is 0 Å². The lowest BCUT2D eigenvalue weighted by Gasteiger charge is -2.09. The van der Waals surface area contributed by atoms with Gasteiger partial charge in [-0.25, -0.2) is 4.79 Å². The van der Waals surface area contributed by atoms with E-state index in [-0.39, 0.29) is 5.91 Å². The molecule has 1 rings (SSSR count). The zero-order chi connectivity index (χ0) is 9.90. The van der Waals surface area contributed by atoms with Gasteiger partial charge in [0.05, 0.1) is 5.54 Å². The first-order chi connectivity index (χ1) is 6.04. The number of nitrogens with one attached hydrogen (secondary N) is 2. The number of hydrogen-bond acceptors (Lipinski definition) is 3. The molecule has 0 aromatic heterocycles. The summed E-state index contributed by atoms with van der Waals surface area (Å²) in [4.78, 5) is 21.4. The molecule has 0 heterocycles. The molecular weight excluding hydrogens is 172 g/mol. The van der Waals surface area contributed by atoms with Crippen LogP contribution in [0.15, 0.2) is 0 Å². The van der Waals surface area contributed by atoms with Crippen LogP contribution in [0.4, 0.5) is 4.79 Å². The van der Waals surface area contributed by atoms with Crippen molar-refractivity contribution < 1.29 is 9.59 Å². The summed E-state index contributed by atoms with van der Waals surface area (Å²) in [6, 6.07) is -0.594. The Morgan fingerprint density at radius 2 is 1.77 bits per heavy atom. The third kappa shape index (κ3) is 2.90. The predicted octanol–water partition coefficient (Wildman–Crippen LogP) is -1.74. The van der Waals surface area contributed by atoms with E-state index in [1.807, 2.05) is 0 Å². The number of rotatable bonds is 4. The van der Waals surface area contributed by atoms with Gasteiger partial charge in [0.2, 0.25) is 5.91 Å². The molecule has 0 bridgehead atoms. The monoisotopic (exact) mass is 186 g/mol. The molecule has 0 aliphatic heterocycles. The standard InChI is InChI=1S/C7H14N4O2/c8-6(13)11-4-3-10-5(12)7(9)1-2-7/h1-4,9H2,(H,10,12)(H3,8,11,13). The fourth-order valence-corrected chi connectivity index (χ4v) is 0.899. The van der Waals surface area contributed by atoms with Crippen LogP contribution >= 0.6 is 0 Å². The second-order valence-electron chi connectivity index (χ2n) is 3.20. The Hall–Kier alpha value is -1.30. The highest BCUT2D eigenvalue weighted by atomic mass is 16.2. The fourth-order valence-electron chi connectivity index (χ4n) is 0.899. The zero-order valence-corrected chi connectivity index (χ0v) is 7.30. The van der Waals surface area contributed by atoms with Crippen LogP contribution in [0.3, 0.4) is 0 Å². The molecule has 74 valence electrons. The summed E-state index contributed by atoms with van der Waals surface area (Å²) in [6.07, 6.45) is 1.48. The minimum absolute atomic E-state index is 0.154. The number of primary amides is 1. The van der Waals surface area contributed by atoms with E-state index in [4.69, 9.17) is 11.5 Å². The summed E-state index contributed by atoms with van der Waals surface area (Å²) < 4.78 is 0. The van der Waals surface area contributed by atoms with Gasteiger partial charge >= 0.3 is 6.03 Å².